The minimum atomic E-state index is -4.27. The number of amides is 1. The molecule has 0 saturated carbocycles. The first-order valence-corrected chi connectivity index (χ1v) is 12.4. The lowest BCUT2D eigenvalue weighted by atomic mass is 10.1. The summed E-state index contributed by atoms with van der Waals surface area (Å²) in [5.74, 6) is -1.58. The average Bonchev–Trinajstić information content (AvgIpc) is 2.88. The molecular weight excluding hydrogens is 543 g/mol. The topological polar surface area (TPSA) is 132 Å². The largest absolute Gasteiger partial charge is 0.493 e. The van der Waals surface area contributed by atoms with Crippen LogP contribution in [0.1, 0.15) is 15.9 Å². The van der Waals surface area contributed by atoms with Crippen molar-refractivity contribution in [3.63, 3.8) is 0 Å². The van der Waals surface area contributed by atoms with Gasteiger partial charge in [0.2, 0.25) is 5.75 Å². The van der Waals surface area contributed by atoms with Gasteiger partial charge in [-0.15, -0.1) is 0 Å². The fourth-order valence-corrected chi connectivity index (χ4v) is 4.37. The Bertz CT molecular complexity index is 1510. The molecule has 3 aromatic carbocycles. The zero-order valence-corrected chi connectivity index (χ0v) is 21.6. The molecule has 0 atom stereocenters. The highest BCUT2D eigenvalue weighted by Gasteiger charge is 2.22. The highest BCUT2D eigenvalue weighted by Crippen LogP contribution is 2.39. The molecule has 190 valence electrons. The fourth-order valence-electron chi connectivity index (χ4n) is 2.98. The van der Waals surface area contributed by atoms with Crippen LogP contribution in [0.3, 0.4) is 0 Å². The molecule has 0 radical (unpaired) electrons. The van der Waals surface area contributed by atoms with Crippen molar-refractivity contribution in [2.75, 3.05) is 19.5 Å². The van der Waals surface area contributed by atoms with Gasteiger partial charge in [-0.3, -0.25) is 4.79 Å². The lowest BCUT2D eigenvalue weighted by molar-refractivity contribution is -0.112. The van der Waals surface area contributed by atoms with Crippen molar-refractivity contribution in [2.45, 2.75) is 4.90 Å². The monoisotopic (exact) mass is 560 g/mol. The van der Waals surface area contributed by atoms with Gasteiger partial charge in [-0.25, -0.2) is 4.79 Å². The summed E-state index contributed by atoms with van der Waals surface area (Å²) in [4.78, 5) is 24.0. The van der Waals surface area contributed by atoms with Crippen molar-refractivity contribution in [1.29, 1.82) is 5.26 Å². The van der Waals surface area contributed by atoms with Gasteiger partial charge in [0.25, 0.3) is 5.91 Å². The van der Waals surface area contributed by atoms with Crippen LogP contribution in [-0.2, 0) is 19.6 Å². The molecular formula is C25H18Cl2N2O7S. The van der Waals surface area contributed by atoms with Crippen LogP contribution in [0.2, 0.25) is 10.0 Å². The Morgan fingerprint density at radius 1 is 1.00 bits per heavy atom. The van der Waals surface area contributed by atoms with Gasteiger partial charge in [0, 0.05) is 10.7 Å². The summed E-state index contributed by atoms with van der Waals surface area (Å²) in [5.41, 5.74) is 0.618. The first-order valence-electron chi connectivity index (χ1n) is 10.3. The van der Waals surface area contributed by atoms with Gasteiger partial charge in [0.05, 0.1) is 24.8 Å². The molecule has 1 amide bonds. The summed E-state index contributed by atoms with van der Waals surface area (Å²) in [7, 11) is -1.74. The molecule has 1 N–H and O–H groups in total. The third-order valence-electron chi connectivity index (χ3n) is 4.79. The normalized spacial score (nSPS) is 11.3. The van der Waals surface area contributed by atoms with Crippen molar-refractivity contribution in [2.24, 2.45) is 0 Å². The predicted octanol–water partition coefficient (Wildman–Crippen LogP) is 5.10. The van der Waals surface area contributed by atoms with E-state index < -0.39 is 22.0 Å². The van der Waals surface area contributed by atoms with Gasteiger partial charge < -0.3 is 19.0 Å². The average molecular weight is 561 g/mol. The molecule has 0 heterocycles. The van der Waals surface area contributed by atoms with Crippen molar-refractivity contribution in [3.05, 3.63) is 87.4 Å². The summed E-state index contributed by atoms with van der Waals surface area (Å²) in [6.07, 6.45) is 1.24. The number of nitrogens with one attached hydrogen (secondary N) is 1. The molecule has 3 aromatic rings. The van der Waals surface area contributed by atoms with Gasteiger partial charge >= 0.3 is 16.1 Å². The molecule has 37 heavy (non-hydrogen) atoms. The number of hydrogen-bond donors (Lipinski definition) is 1. The maximum absolute atomic E-state index is 12.7. The molecule has 0 unspecified atom stereocenters. The number of anilines is 1. The Balaban J connectivity index is 1.86. The number of rotatable bonds is 8. The number of halogens is 2. The molecule has 12 heteroatoms. The minimum absolute atomic E-state index is 0.0487. The van der Waals surface area contributed by atoms with E-state index in [9.17, 15) is 23.3 Å². The number of nitriles is 1. The lowest BCUT2D eigenvalue weighted by Gasteiger charge is -2.13. The van der Waals surface area contributed by atoms with Crippen LogP contribution in [0.25, 0.3) is 6.08 Å². The number of hydrogen-bond acceptors (Lipinski definition) is 8. The van der Waals surface area contributed by atoms with E-state index >= 15 is 0 Å². The van der Waals surface area contributed by atoms with Gasteiger partial charge in [0.1, 0.15) is 16.5 Å². The van der Waals surface area contributed by atoms with Crippen LogP contribution >= 0.6 is 23.2 Å². The maximum atomic E-state index is 12.7. The quantitative estimate of drug-likeness (QED) is 0.174. The second-order valence-electron chi connectivity index (χ2n) is 7.22. The smallest absolute Gasteiger partial charge is 0.339 e. The fraction of sp³-hybridized carbons (Fsp3) is 0.0800. The van der Waals surface area contributed by atoms with Crippen LogP contribution < -0.4 is 14.2 Å². The van der Waals surface area contributed by atoms with E-state index in [2.05, 4.69) is 10.1 Å². The summed E-state index contributed by atoms with van der Waals surface area (Å²) in [5, 5.41) is 12.3. The van der Waals surface area contributed by atoms with E-state index in [0.717, 1.165) is 0 Å². The third-order valence-corrected chi connectivity index (χ3v) is 6.56. The summed E-state index contributed by atoms with van der Waals surface area (Å²) < 4.78 is 40.4. The SMILES string of the molecule is COC(=O)c1ccc(NC(=O)/C(C#N)=C/c2cc(Cl)c(OS(=O)(=O)c3ccc(Cl)cc3)c(OC)c2)cc1. The Morgan fingerprint density at radius 2 is 1.65 bits per heavy atom. The second kappa shape index (κ2) is 11.8. The first kappa shape index (κ1) is 27.5. The van der Waals surface area contributed by atoms with Crippen LogP contribution in [-0.4, -0.2) is 34.5 Å². The molecule has 0 fully saturated rings. The Hall–Kier alpha value is -4.04. The lowest BCUT2D eigenvalue weighted by Crippen LogP contribution is -2.13. The second-order valence-corrected chi connectivity index (χ2v) is 9.61. The molecule has 9 nitrogen and oxygen atoms in total. The zero-order chi connectivity index (χ0) is 27.2. The molecule has 0 bridgehead atoms. The van der Waals surface area contributed by atoms with E-state index in [1.54, 1.807) is 6.07 Å². The molecule has 0 aliphatic carbocycles. The van der Waals surface area contributed by atoms with Crippen LogP contribution in [0.5, 0.6) is 11.5 Å². The first-order chi connectivity index (χ1) is 17.6. The van der Waals surface area contributed by atoms with Crippen molar-refractivity contribution < 1.29 is 31.7 Å². The highest BCUT2D eigenvalue weighted by atomic mass is 35.5. The van der Waals surface area contributed by atoms with E-state index in [0.29, 0.717) is 16.3 Å². The molecule has 3 rings (SSSR count). The number of nitrogens with zero attached hydrogens (tertiary/aromatic N) is 1. The van der Waals surface area contributed by atoms with Crippen molar-refractivity contribution >= 4 is 57.0 Å². The van der Waals surface area contributed by atoms with E-state index in [1.165, 1.54) is 81.0 Å². The van der Waals surface area contributed by atoms with Crippen LogP contribution in [0.15, 0.2) is 71.1 Å². The standard InChI is InChI=1S/C25H18Cl2N2O7S/c1-34-22-13-15(12-21(27)23(22)36-37(32,33)20-9-5-18(26)6-10-20)11-17(14-28)24(30)29-19-7-3-16(4-8-19)25(31)35-2/h3-13H,1-2H3,(H,29,30)/b17-11+. The number of ether oxygens (including phenoxy) is 2. The van der Waals surface area contributed by atoms with Gasteiger partial charge in [0.15, 0.2) is 5.75 Å². The molecule has 0 aliphatic heterocycles. The van der Waals surface area contributed by atoms with Crippen LogP contribution in [0, 0.1) is 11.3 Å². The molecule has 0 aliphatic rings. The van der Waals surface area contributed by atoms with E-state index in [-0.39, 0.29) is 32.6 Å². The van der Waals surface area contributed by atoms with Gasteiger partial charge in [-0.2, -0.15) is 13.7 Å². The summed E-state index contributed by atoms with van der Waals surface area (Å²) in [6, 6.07) is 15.7. The molecule has 0 spiro atoms. The van der Waals surface area contributed by atoms with E-state index in [4.69, 9.17) is 32.1 Å². The number of benzene rings is 3. The number of carbonyl (C=O) groups excluding carboxylic acids is 2. The van der Waals surface area contributed by atoms with Gasteiger partial charge in [-0.05, 0) is 72.3 Å². The number of esters is 1. The predicted molar refractivity (Wildman–Crippen MR) is 137 cm³/mol. The molecule has 0 aromatic heterocycles. The number of methoxy groups -OCH3 is 2. The summed E-state index contributed by atoms with van der Waals surface area (Å²) in [6.45, 7) is 0. The Kier molecular flexibility index (Phi) is 8.78. The van der Waals surface area contributed by atoms with Crippen LogP contribution in [0.4, 0.5) is 5.69 Å². The molecule has 0 saturated heterocycles. The maximum Gasteiger partial charge on any atom is 0.339 e. The Morgan fingerprint density at radius 3 is 2.22 bits per heavy atom. The third kappa shape index (κ3) is 6.80. The highest BCUT2D eigenvalue weighted by molar-refractivity contribution is 7.87. The van der Waals surface area contributed by atoms with Gasteiger partial charge in [-0.1, -0.05) is 23.2 Å². The minimum Gasteiger partial charge on any atom is -0.493 e. The van der Waals surface area contributed by atoms with Crippen molar-refractivity contribution in [1.82, 2.24) is 0 Å². The number of carbonyl (C=O) groups is 2. The van der Waals surface area contributed by atoms with E-state index in [1.807, 2.05) is 0 Å². The Labute approximate surface area is 222 Å². The summed E-state index contributed by atoms with van der Waals surface area (Å²) >= 11 is 12.1. The van der Waals surface area contributed by atoms with Crippen molar-refractivity contribution in [3.8, 4) is 17.6 Å². The zero-order valence-electron chi connectivity index (χ0n) is 19.3.